The third kappa shape index (κ3) is 3.27. The average molecular weight is 290 g/mol. The van der Waals surface area contributed by atoms with Crippen molar-refractivity contribution >= 4 is 23.1 Å². The van der Waals surface area contributed by atoms with Crippen LogP contribution in [0.2, 0.25) is 0 Å². The molecule has 0 N–H and O–H groups in total. The molecule has 2 rings (SSSR count). The van der Waals surface area contributed by atoms with E-state index in [1.807, 2.05) is 12.1 Å². The Bertz CT molecular complexity index is 623. The van der Waals surface area contributed by atoms with E-state index < -0.39 is 5.97 Å². The summed E-state index contributed by atoms with van der Waals surface area (Å²) in [5, 5.41) is 0.700. The number of hydrogen-bond acceptors (Lipinski definition) is 6. The van der Waals surface area contributed by atoms with Crippen LogP contribution in [0.4, 0.5) is 0 Å². The first-order chi connectivity index (χ1) is 9.61. The van der Waals surface area contributed by atoms with Crippen LogP contribution in [-0.4, -0.2) is 28.3 Å². The fourth-order valence-electron chi connectivity index (χ4n) is 1.69. The Morgan fingerprint density at radius 2 is 2.20 bits per heavy atom. The molecule has 104 valence electrons. The molecule has 20 heavy (non-hydrogen) atoms. The molecule has 0 aliphatic rings. The summed E-state index contributed by atoms with van der Waals surface area (Å²) < 4.78 is 4.92. The fraction of sp³-hybridized carbons (Fsp3) is 0.286. The normalized spacial score (nSPS) is 10.3. The number of ketones is 1. The minimum atomic E-state index is -0.550. The molecule has 0 atom stereocenters. The van der Waals surface area contributed by atoms with Gasteiger partial charge in [-0.2, -0.15) is 0 Å². The van der Waals surface area contributed by atoms with E-state index in [-0.39, 0.29) is 18.1 Å². The van der Waals surface area contributed by atoms with Gasteiger partial charge in [-0.05, 0) is 18.6 Å². The minimum absolute atomic E-state index is 0.114. The highest BCUT2D eigenvalue weighted by Gasteiger charge is 2.22. The molecule has 0 radical (unpaired) electrons. The summed E-state index contributed by atoms with van der Waals surface area (Å²) in [5.74, 6) is -0.727. The smallest absolute Gasteiger partial charge is 0.358 e. The standard InChI is InChI=1S/C14H14N2O3S/c1-3-19-14(18)12-13(9(2)17)20-11(16-12)7-10-5-4-6-15-8-10/h4-6,8H,3,7H2,1-2H3. The molecule has 0 fully saturated rings. The predicted molar refractivity (Wildman–Crippen MR) is 75.1 cm³/mol. The van der Waals surface area contributed by atoms with E-state index in [2.05, 4.69) is 9.97 Å². The Hall–Kier alpha value is -2.08. The molecule has 2 heterocycles. The Morgan fingerprint density at radius 1 is 1.40 bits per heavy atom. The van der Waals surface area contributed by atoms with Crippen LogP contribution >= 0.6 is 11.3 Å². The van der Waals surface area contributed by atoms with Gasteiger partial charge in [0.1, 0.15) is 4.88 Å². The van der Waals surface area contributed by atoms with Gasteiger partial charge in [0.05, 0.1) is 11.6 Å². The second kappa shape index (κ2) is 6.38. The van der Waals surface area contributed by atoms with Gasteiger partial charge in [0.25, 0.3) is 0 Å². The minimum Gasteiger partial charge on any atom is -0.461 e. The van der Waals surface area contributed by atoms with Crippen LogP contribution in [0.15, 0.2) is 24.5 Å². The molecular formula is C14H14N2O3S. The van der Waals surface area contributed by atoms with Crippen molar-refractivity contribution in [3.05, 3.63) is 45.7 Å². The summed E-state index contributed by atoms with van der Waals surface area (Å²) in [4.78, 5) is 32.0. The van der Waals surface area contributed by atoms with Crippen molar-refractivity contribution in [3.63, 3.8) is 0 Å². The third-order valence-corrected chi connectivity index (χ3v) is 3.69. The number of hydrogen-bond donors (Lipinski definition) is 0. The highest BCUT2D eigenvalue weighted by Crippen LogP contribution is 2.22. The Morgan fingerprint density at radius 3 is 2.80 bits per heavy atom. The van der Waals surface area contributed by atoms with Gasteiger partial charge in [0, 0.05) is 25.7 Å². The summed E-state index contributed by atoms with van der Waals surface area (Å²) in [6.45, 7) is 3.39. The number of aromatic nitrogens is 2. The zero-order valence-corrected chi connectivity index (χ0v) is 12.1. The molecular weight excluding hydrogens is 276 g/mol. The number of carbonyl (C=O) groups is 2. The van der Waals surface area contributed by atoms with Gasteiger partial charge in [0.15, 0.2) is 11.5 Å². The molecule has 0 amide bonds. The molecule has 0 saturated carbocycles. The van der Waals surface area contributed by atoms with Crippen molar-refractivity contribution in [2.45, 2.75) is 20.3 Å². The largest absolute Gasteiger partial charge is 0.461 e. The molecule has 2 aromatic heterocycles. The second-order valence-corrected chi connectivity index (χ2v) is 5.18. The van der Waals surface area contributed by atoms with Crippen LogP contribution in [0, 0.1) is 0 Å². The summed E-state index contributed by atoms with van der Waals surface area (Å²) in [5.41, 5.74) is 1.09. The molecule has 6 heteroatoms. The molecule has 5 nitrogen and oxygen atoms in total. The van der Waals surface area contributed by atoms with Crippen LogP contribution in [0.5, 0.6) is 0 Å². The maximum atomic E-state index is 11.8. The zero-order chi connectivity index (χ0) is 14.5. The molecule has 0 bridgehead atoms. The van der Waals surface area contributed by atoms with E-state index in [0.29, 0.717) is 16.3 Å². The van der Waals surface area contributed by atoms with E-state index >= 15 is 0 Å². The zero-order valence-electron chi connectivity index (χ0n) is 11.3. The number of esters is 1. The number of rotatable bonds is 5. The quantitative estimate of drug-likeness (QED) is 0.625. The Kier molecular flexibility index (Phi) is 4.57. The van der Waals surface area contributed by atoms with Crippen LogP contribution in [-0.2, 0) is 11.2 Å². The first-order valence-corrected chi connectivity index (χ1v) is 7.00. The molecule has 0 unspecified atom stereocenters. The predicted octanol–water partition coefficient (Wildman–Crippen LogP) is 2.51. The lowest BCUT2D eigenvalue weighted by Gasteiger charge is -1.99. The number of pyridine rings is 1. The van der Waals surface area contributed by atoms with Gasteiger partial charge in [-0.1, -0.05) is 6.07 Å². The Balaban J connectivity index is 2.29. The van der Waals surface area contributed by atoms with Gasteiger partial charge in [0.2, 0.25) is 0 Å². The highest BCUT2D eigenvalue weighted by atomic mass is 32.1. The summed E-state index contributed by atoms with van der Waals surface area (Å²) >= 11 is 1.23. The van der Waals surface area contributed by atoms with Crippen LogP contribution in [0.25, 0.3) is 0 Å². The maximum absolute atomic E-state index is 11.8. The lowest BCUT2D eigenvalue weighted by atomic mass is 10.2. The molecule has 0 aliphatic carbocycles. The first kappa shape index (κ1) is 14.3. The number of ether oxygens (including phenoxy) is 1. The number of thiazole rings is 1. The summed E-state index contributed by atoms with van der Waals surface area (Å²) in [6.07, 6.45) is 3.97. The van der Waals surface area contributed by atoms with E-state index in [4.69, 9.17) is 4.74 Å². The van der Waals surface area contributed by atoms with E-state index in [9.17, 15) is 9.59 Å². The lowest BCUT2D eigenvalue weighted by Crippen LogP contribution is -2.09. The van der Waals surface area contributed by atoms with E-state index in [1.54, 1.807) is 19.3 Å². The van der Waals surface area contributed by atoms with Crippen molar-refractivity contribution in [2.75, 3.05) is 6.61 Å². The highest BCUT2D eigenvalue weighted by molar-refractivity contribution is 7.14. The van der Waals surface area contributed by atoms with Crippen molar-refractivity contribution in [2.24, 2.45) is 0 Å². The van der Waals surface area contributed by atoms with Crippen molar-refractivity contribution in [1.82, 2.24) is 9.97 Å². The van der Waals surface area contributed by atoms with Crippen molar-refractivity contribution in [3.8, 4) is 0 Å². The maximum Gasteiger partial charge on any atom is 0.358 e. The van der Waals surface area contributed by atoms with Gasteiger partial charge < -0.3 is 4.74 Å². The van der Waals surface area contributed by atoms with E-state index in [1.165, 1.54) is 18.3 Å². The molecule has 0 aliphatic heterocycles. The first-order valence-electron chi connectivity index (χ1n) is 6.18. The molecule has 0 aromatic carbocycles. The van der Waals surface area contributed by atoms with Crippen molar-refractivity contribution in [1.29, 1.82) is 0 Å². The lowest BCUT2D eigenvalue weighted by molar-refractivity contribution is 0.0517. The fourth-order valence-corrected chi connectivity index (χ4v) is 2.67. The third-order valence-electron chi connectivity index (χ3n) is 2.54. The van der Waals surface area contributed by atoms with Gasteiger partial charge in [-0.25, -0.2) is 9.78 Å². The van der Waals surface area contributed by atoms with Crippen LogP contribution in [0.1, 0.15) is 44.6 Å². The summed E-state index contributed by atoms with van der Waals surface area (Å²) in [6, 6.07) is 3.76. The van der Waals surface area contributed by atoms with Gasteiger partial charge >= 0.3 is 5.97 Å². The number of carbonyl (C=O) groups excluding carboxylic acids is 2. The van der Waals surface area contributed by atoms with Crippen LogP contribution < -0.4 is 0 Å². The average Bonchev–Trinajstić information content (AvgIpc) is 2.84. The monoisotopic (exact) mass is 290 g/mol. The topological polar surface area (TPSA) is 69.2 Å². The molecule has 0 saturated heterocycles. The summed E-state index contributed by atoms with van der Waals surface area (Å²) in [7, 11) is 0. The van der Waals surface area contributed by atoms with E-state index in [0.717, 1.165) is 5.56 Å². The second-order valence-electron chi connectivity index (χ2n) is 4.10. The van der Waals surface area contributed by atoms with Crippen molar-refractivity contribution < 1.29 is 14.3 Å². The molecule has 2 aromatic rings. The van der Waals surface area contributed by atoms with Gasteiger partial charge in [-0.15, -0.1) is 11.3 Å². The number of nitrogens with zero attached hydrogens (tertiary/aromatic N) is 2. The molecule has 0 spiro atoms. The van der Waals surface area contributed by atoms with Gasteiger partial charge in [-0.3, -0.25) is 9.78 Å². The van der Waals surface area contributed by atoms with Crippen LogP contribution in [0.3, 0.4) is 0 Å². The number of Topliss-reactive ketones (excluding diaryl/α,β-unsaturated/α-hetero) is 1. The SMILES string of the molecule is CCOC(=O)c1nc(Cc2cccnc2)sc1C(C)=O. The Labute approximate surface area is 120 Å².